The number of halogens is 1. The second kappa shape index (κ2) is 13.4. The van der Waals surface area contributed by atoms with Crippen molar-refractivity contribution in [2.24, 2.45) is 0 Å². The van der Waals surface area contributed by atoms with Gasteiger partial charge in [-0.2, -0.15) is 0 Å². The van der Waals surface area contributed by atoms with E-state index in [-0.39, 0.29) is 44.6 Å². The first-order valence-corrected chi connectivity index (χ1v) is 12.6. The standard InChI is InChI=1S/C27H31FO6S/c1-18-21(14-19-4-6-20(35-3)7-5-19)23-15-25(28)26(16-24(23)22(18)17-27(30)31-2)34-13-12-33-11-10-32-9-8-29/h4-7,14-16,29H,8-13,17H2,1-3H3/b21-14+. The molecule has 0 amide bonds. The number of esters is 1. The van der Waals surface area contributed by atoms with Gasteiger partial charge in [0, 0.05) is 4.90 Å². The van der Waals surface area contributed by atoms with E-state index in [1.807, 2.05) is 43.5 Å². The maximum absolute atomic E-state index is 15.0. The third-order valence-corrected chi connectivity index (χ3v) is 6.36. The highest BCUT2D eigenvalue weighted by Crippen LogP contribution is 2.45. The predicted octanol–water partition coefficient (Wildman–Crippen LogP) is 4.84. The average molecular weight is 503 g/mol. The summed E-state index contributed by atoms with van der Waals surface area (Å²) >= 11 is 1.67. The minimum Gasteiger partial charge on any atom is -0.488 e. The number of carbonyl (C=O) groups is 1. The van der Waals surface area contributed by atoms with Crippen LogP contribution in [0.4, 0.5) is 4.39 Å². The van der Waals surface area contributed by atoms with E-state index in [0.29, 0.717) is 13.2 Å². The zero-order valence-electron chi connectivity index (χ0n) is 20.3. The smallest absolute Gasteiger partial charge is 0.310 e. The highest BCUT2D eigenvalue weighted by atomic mass is 32.2. The Labute approximate surface area is 209 Å². The van der Waals surface area contributed by atoms with Crippen molar-refractivity contribution in [3.8, 4) is 5.75 Å². The molecular weight excluding hydrogens is 471 g/mol. The van der Waals surface area contributed by atoms with Gasteiger partial charge >= 0.3 is 5.97 Å². The number of rotatable bonds is 13. The zero-order chi connectivity index (χ0) is 25.2. The predicted molar refractivity (Wildman–Crippen MR) is 136 cm³/mol. The van der Waals surface area contributed by atoms with Gasteiger partial charge in [-0.15, -0.1) is 11.8 Å². The molecule has 0 bridgehead atoms. The summed E-state index contributed by atoms with van der Waals surface area (Å²) in [5.41, 5.74) is 5.03. The van der Waals surface area contributed by atoms with Gasteiger partial charge in [0.1, 0.15) is 6.61 Å². The third-order valence-electron chi connectivity index (χ3n) is 5.61. The molecule has 35 heavy (non-hydrogen) atoms. The number of fused-ring (bicyclic) bond motifs is 1. The topological polar surface area (TPSA) is 74.2 Å². The Hall–Kier alpha value is -2.65. The number of methoxy groups -OCH3 is 1. The summed E-state index contributed by atoms with van der Waals surface area (Å²) in [4.78, 5) is 13.3. The molecule has 0 saturated heterocycles. The van der Waals surface area contributed by atoms with Gasteiger partial charge in [0.05, 0.1) is 46.6 Å². The first kappa shape index (κ1) is 26.9. The normalized spacial score (nSPS) is 13.9. The Bertz CT molecular complexity index is 1080. The lowest BCUT2D eigenvalue weighted by atomic mass is 10.00. The molecule has 0 radical (unpaired) electrons. The van der Waals surface area contributed by atoms with Crippen molar-refractivity contribution in [3.05, 3.63) is 64.5 Å². The van der Waals surface area contributed by atoms with Crippen LogP contribution in [0.1, 0.15) is 30.0 Å². The molecule has 0 aromatic heterocycles. The molecule has 1 aliphatic carbocycles. The summed E-state index contributed by atoms with van der Waals surface area (Å²) in [5, 5.41) is 8.68. The minimum atomic E-state index is -0.481. The zero-order valence-corrected chi connectivity index (χ0v) is 21.1. The van der Waals surface area contributed by atoms with Crippen LogP contribution in [0, 0.1) is 5.82 Å². The van der Waals surface area contributed by atoms with E-state index >= 15 is 4.39 Å². The number of hydrogen-bond acceptors (Lipinski definition) is 7. The van der Waals surface area contributed by atoms with Crippen molar-refractivity contribution in [3.63, 3.8) is 0 Å². The summed E-state index contributed by atoms with van der Waals surface area (Å²) in [7, 11) is 1.35. The summed E-state index contributed by atoms with van der Waals surface area (Å²) in [5.74, 6) is -0.741. The molecule has 1 aliphatic rings. The van der Waals surface area contributed by atoms with Crippen LogP contribution < -0.4 is 4.74 Å². The monoisotopic (exact) mass is 502 g/mol. The van der Waals surface area contributed by atoms with E-state index in [9.17, 15) is 4.79 Å². The first-order valence-electron chi connectivity index (χ1n) is 11.3. The second-order valence-corrected chi connectivity index (χ2v) is 8.69. The van der Waals surface area contributed by atoms with Crippen LogP contribution in [-0.4, -0.2) is 64.1 Å². The Balaban J connectivity index is 1.81. The molecule has 188 valence electrons. The summed E-state index contributed by atoms with van der Waals surface area (Å²) < 4.78 is 36.1. The molecule has 2 aromatic rings. The van der Waals surface area contributed by atoms with Gasteiger partial charge in [0.15, 0.2) is 11.6 Å². The molecule has 3 rings (SSSR count). The maximum Gasteiger partial charge on any atom is 0.310 e. The van der Waals surface area contributed by atoms with Gasteiger partial charge in [-0.3, -0.25) is 4.79 Å². The van der Waals surface area contributed by atoms with Gasteiger partial charge in [-0.1, -0.05) is 12.1 Å². The van der Waals surface area contributed by atoms with Crippen molar-refractivity contribution in [2.75, 3.05) is 53.0 Å². The number of aliphatic hydroxyl groups is 1. The van der Waals surface area contributed by atoms with Crippen LogP contribution >= 0.6 is 11.8 Å². The van der Waals surface area contributed by atoms with Gasteiger partial charge in [-0.25, -0.2) is 4.39 Å². The highest BCUT2D eigenvalue weighted by Gasteiger charge is 2.27. The van der Waals surface area contributed by atoms with Gasteiger partial charge in [0.25, 0.3) is 0 Å². The van der Waals surface area contributed by atoms with Crippen molar-refractivity contribution in [2.45, 2.75) is 18.2 Å². The van der Waals surface area contributed by atoms with Gasteiger partial charge < -0.3 is 24.1 Å². The Morgan fingerprint density at radius 2 is 1.71 bits per heavy atom. The number of allylic oxidation sites excluding steroid dienone is 2. The lowest BCUT2D eigenvalue weighted by molar-refractivity contribution is -0.139. The average Bonchev–Trinajstić information content (AvgIpc) is 3.10. The fourth-order valence-corrected chi connectivity index (χ4v) is 4.21. The minimum absolute atomic E-state index is 0.0339. The van der Waals surface area contributed by atoms with Crippen LogP contribution in [0.15, 0.2) is 46.9 Å². The SMILES string of the molecule is COC(=O)CC1=C(C)/C(=C\c2ccc(SC)cc2)c2cc(F)c(OCCOCCOCCO)cc21. The van der Waals surface area contributed by atoms with Crippen LogP contribution in [0.3, 0.4) is 0 Å². The number of aliphatic hydroxyl groups excluding tert-OH is 1. The summed E-state index contributed by atoms with van der Waals surface area (Å²) in [6.45, 7) is 3.31. The van der Waals surface area contributed by atoms with Crippen molar-refractivity contribution >= 4 is 35.0 Å². The molecule has 0 saturated carbocycles. The Morgan fingerprint density at radius 3 is 2.37 bits per heavy atom. The lowest BCUT2D eigenvalue weighted by Gasteiger charge is -2.12. The van der Waals surface area contributed by atoms with Crippen LogP contribution in [-0.2, 0) is 19.0 Å². The largest absolute Gasteiger partial charge is 0.488 e. The number of thioether (sulfide) groups is 1. The molecule has 0 unspecified atom stereocenters. The summed E-state index contributed by atoms with van der Waals surface area (Å²) in [6.07, 6.45) is 4.12. The molecule has 0 aliphatic heterocycles. The molecule has 6 nitrogen and oxygen atoms in total. The number of benzene rings is 2. The first-order chi connectivity index (χ1) is 17.0. The molecule has 0 spiro atoms. The molecule has 0 heterocycles. The fourth-order valence-electron chi connectivity index (χ4n) is 3.80. The van der Waals surface area contributed by atoms with Crippen LogP contribution in [0.25, 0.3) is 17.2 Å². The number of hydrogen-bond donors (Lipinski definition) is 1. The van der Waals surface area contributed by atoms with Crippen LogP contribution in [0.2, 0.25) is 0 Å². The van der Waals surface area contributed by atoms with E-state index in [1.165, 1.54) is 13.2 Å². The second-order valence-electron chi connectivity index (χ2n) is 7.81. The summed E-state index contributed by atoms with van der Waals surface area (Å²) in [6, 6.07) is 11.2. The highest BCUT2D eigenvalue weighted by molar-refractivity contribution is 7.98. The van der Waals surface area contributed by atoms with E-state index in [0.717, 1.165) is 38.3 Å². The molecule has 8 heteroatoms. The number of carbonyl (C=O) groups excluding carboxylic acids is 1. The molecule has 1 N–H and O–H groups in total. The number of ether oxygens (including phenoxy) is 4. The molecule has 0 fully saturated rings. The Kier molecular flexibility index (Phi) is 10.3. The van der Waals surface area contributed by atoms with E-state index in [4.69, 9.17) is 24.1 Å². The van der Waals surface area contributed by atoms with E-state index in [2.05, 4.69) is 0 Å². The van der Waals surface area contributed by atoms with Gasteiger partial charge in [0.2, 0.25) is 0 Å². The fraction of sp³-hybridized carbons (Fsp3) is 0.370. The van der Waals surface area contributed by atoms with Crippen molar-refractivity contribution in [1.29, 1.82) is 0 Å². The molecule has 2 aromatic carbocycles. The Morgan fingerprint density at radius 1 is 1.03 bits per heavy atom. The van der Waals surface area contributed by atoms with Gasteiger partial charge in [-0.05, 0) is 76.9 Å². The molecule has 0 atom stereocenters. The van der Waals surface area contributed by atoms with E-state index < -0.39 is 5.82 Å². The molecular formula is C27H31FO6S. The third kappa shape index (κ3) is 7.18. The van der Waals surface area contributed by atoms with Crippen LogP contribution in [0.5, 0.6) is 5.75 Å². The van der Waals surface area contributed by atoms with E-state index in [1.54, 1.807) is 17.8 Å². The van der Waals surface area contributed by atoms with Crippen molar-refractivity contribution in [1.82, 2.24) is 0 Å². The quantitative estimate of drug-likeness (QED) is 0.239. The lowest BCUT2D eigenvalue weighted by Crippen LogP contribution is -2.12. The maximum atomic E-state index is 15.0. The van der Waals surface area contributed by atoms with Crippen molar-refractivity contribution < 1.29 is 33.2 Å².